The van der Waals surface area contributed by atoms with Crippen molar-refractivity contribution in [2.75, 3.05) is 31.9 Å². The summed E-state index contributed by atoms with van der Waals surface area (Å²) in [5, 5.41) is 1.66. The Kier molecular flexibility index (Phi) is 3.92. The maximum atomic E-state index is 12.4. The summed E-state index contributed by atoms with van der Waals surface area (Å²) in [6, 6.07) is 1.54. The average molecular weight is 303 g/mol. The van der Waals surface area contributed by atoms with Gasteiger partial charge in [0.25, 0.3) is 10.0 Å². The normalized spacial score (nSPS) is 19.7. The van der Waals surface area contributed by atoms with Gasteiger partial charge in [0.2, 0.25) is 0 Å². The number of rotatable bonds is 2. The lowest BCUT2D eigenvalue weighted by Crippen LogP contribution is -2.54. The highest BCUT2D eigenvalue weighted by Crippen LogP contribution is 2.26. The van der Waals surface area contributed by atoms with E-state index in [0.717, 1.165) is 13.1 Å². The zero-order valence-electron chi connectivity index (χ0n) is 11.6. The molecule has 0 atom stereocenters. The first-order valence-electron chi connectivity index (χ1n) is 6.30. The summed E-state index contributed by atoms with van der Waals surface area (Å²) < 4.78 is 26.7. The summed E-state index contributed by atoms with van der Waals surface area (Å²) in [6.45, 7) is 9.06. The van der Waals surface area contributed by atoms with E-state index in [1.54, 1.807) is 9.69 Å². The van der Waals surface area contributed by atoms with Crippen LogP contribution in [0.4, 0.5) is 5.69 Å². The number of piperazine rings is 1. The Labute approximate surface area is 119 Å². The molecular weight excluding hydrogens is 282 g/mol. The van der Waals surface area contributed by atoms with E-state index < -0.39 is 10.0 Å². The van der Waals surface area contributed by atoms with Crippen LogP contribution in [0.5, 0.6) is 0 Å². The molecule has 5 nitrogen and oxygen atoms in total. The summed E-state index contributed by atoms with van der Waals surface area (Å²) in [6.07, 6.45) is 0. The van der Waals surface area contributed by atoms with Gasteiger partial charge >= 0.3 is 0 Å². The van der Waals surface area contributed by atoms with Crippen LogP contribution < -0.4 is 5.73 Å². The van der Waals surface area contributed by atoms with E-state index in [-0.39, 0.29) is 5.54 Å². The van der Waals surface area contributed by atoms with Crippen molar-refractivity contribution in [1.82, 2.24) is 9.21 Å². The second-order valence-corrected chi connectivity index (χ2v) is 8.84. The fourth-order valence-electron chi connectivity index (χ4n) is 2.19. The van der Waals surface area contributed by atoms with Crippen molar-refractivity contribution in [3.8, 4) is 0 Å². The molecule has 1 aromatic heterocycles. The van der Waals surface area contributed by atoms with Gasteiger partial charge < -0.3 is 5.73 Å². The molecule has 0 radical (unpaired) electrons. The Bertz CT molecular complexity index is 538. The van der Waals surface area contributed by atoms with Crippen molar-refractivity contribution in [1.29, 1.82) is 0 Å². The molecule has 0 aromatic carbocycles. The summed E-state index contributed by atoms with van der Waals surface area (Å²) >= 11 is 1.19. The van der Waals surface area contributed by atoms with Crippen molar-refractivity contribution >= 4 is 27.0 Å². The van der Waals surface area contributed by atoms with Crippen LogP contribution in [0.15, 0.2) is 15.7 Å². The Morgan fingerprint density at radius 2 is 1.79 bits per heavy atom. The van der Waals surface area contributed by atoms with E-state index in [2.05, 4.69) is 25.7 Å². The van der Waals surface area contributed by atoms with E-state index in [1.165, 1.54) is 17.4 Å². The molecule has 1 fully saturated rings. The number of hydrogen-bond donors (Lipinski definition) is 1. The predicted octanol–water partition coefficient (Wildman–Crippen LogP) is 1.44. The second-order valence-electron chi connectivity index (χ2n) is 5.76. The Morgan fingerprint density at radius 3 is 2.21 bits per heavy atom. The molecule has 1 saturated heterocycles. The van der Waals surface area contributed by atoms with Gasteiger partial charge in [-0.3, -0.25) is 4.90 Å². The number of sulfonamides is 1. The van der Waals surface area contributed by atoms with Crippen LogP contribution >= 0.6 is 11.3 Å². The molecule has 0 unspecified atom stereocenters. The Balaban J connectivity index is 2.09. The number of anilines is 1. The third kappa shape index (κ3) is 3.10. The van der Waals surface area contributed by atoms with Crippen LogP contribution in [0, 0.1) is 0 Å². The van der Waals surface area contributed by atoms with Crippen LogP contribution in [0.2, 0.25) is 0 Å². The van der Waals surface area contributed by atoms with Crippen LogP contribution in [-0.2, 0) is 10.0 Å². The van der Waals surface area contributed by atoms with Gasteiger partial charge in [0.05, 0.1) is 0 Å². The molecule has 0 amide bonds. The summed E-state index contributed by atoms with van der Waals surface area (Å²) in [5.74, 6) is 0. The zero-order chi connectivity index (χ0) is 14.3. The highest BCUT2D eigenvalue weighted by atomic mass is 32.2. The average Bonchev–Trinajstić information content (AvgIpc) is 2.76. The van der Waals surface area contributed by atoms with Gasteiger partial charge in [-0.15, -0.1) is 11.3 Å². The minimum absolute atomic E-state index is 0.0865. The molecule has 1 aliphatic heterocycles. The SMILES string of the molecule is CC(C)(C)N1CCN(S(=O)(=O)c2cc(N)cs2)CC1. The largest absolute Gasteiger partial charge is 0.398 e. The molecule has 0 bridgehead atoms. The molecule has 2 N–H and O–H groups in total. The maximum Gasteiger partial charge on any atom is 0.252 e. The highest BCUT2D eigenvalue weighted by Gasteiger charge is 2.32. The summed E-state index contributed by atoms with van der Waals surface area (Å²) in [7, 11) is -3.36. The van der Waals surface area contributed by atoms with E-state index in [9.17, 15) is 8.42 Å². The van der Waals surface area contributed by atoms with Gasteiger partial charge in [-0.2, -0.15) is 4.31 Å². The van der Waals surface area contributed by atoms with Gasteiger partial charge in [0.15, 0.2) is 0 Å². The Morgan fingerprint density at radius 1 is 1.21 bits per heavy atom. The lowest BCUT2D eigenvalue weighted by molar-refractivity contribution is 0.0922. The van der Waals surface area contributed by atoms with Gasteiger partial charge in [0, 0.05) is 42.8 Å². The van der Waals surface area contributed by atoms with Crippen molar-refractivity contribution in [2.24, 2.45) is 0 Å². The smallest absolute Gasteiger partial charge is 0.252 e. The van der Waals surface area contributed by atoms with Gasteiger partial charge in [0.1, 0.15) is 4.21 Å². The first-order valence-corrected chi connectivity index (χ1v) is 8.62. The van der Waals surface area contributed by atoms with Gasteiger partial charge in [-0.1, -0.05) is 0 Å². The maximum absolute atomic E-state index is 12.4. The van der Waals surface area contributed by atoms with E-state index in [0.29, 0.717) is 23.0 Å². The zero-order valence-corrected chi connectivity index (χ0v) is 13.2. The minimum atomic E-state index is -3.36. The number of nitrogens with zero attached hydrogens (tertiary/aromatic N) is 2. The van der Waals surface area contributed by atoms with Crippen molar-refractivity contribution in [3.63, 3.8) is 0 Å². The minimum Gasteiger partial charge on any atom is -0.398 e. The van der Waals surface area contributed by atoms with Crippen molar-refractivity contribution in [2.45, 2.75) is 30.5 Å². The lowest BCUT2D eigenvalue weighted by atomic mass is 10.1. The molecule has 0 saturated carbocycles. The molecule has 19 heavy (non-hydrogen) atoms. The van der Waals surface area contributed by atoms with Crippen LogP contribution in [0.3, 0.4) is 0 Å². The number of thiophene rings is 1. The van der Waals surface area contributed by atoms with E-state index in [1.807, 2.05) is 0 Å². The van der Waals surface area contributed by atoms with Gasteiger partial charge in [-0.05, 0) is 26.8 Å². The molecule has 108 valence electrons. The number of nitrogens with two attached hydrogens (primary N) is 1. The molecule has 1 aromatic rings. The molecule has 2 heterocycles. The molecule has 1 aliphatic rings. The third-order valence-electron chi connectivity index (χ3n) is 3.38. The lowest BCUT2D eigenvalue weighted by Gasteiger charge is -2.41. The molecule has 0 aliphatic carbocycles. The first-order chi connectivity index (χ1) is 8.71. The first kappa shape index (κ1) is 14.8. The monoisotopic (exact) mass is 303 g/mol. The molecular formula is C12H21N3O2S2. The van der Waals surface area contributed by atoms with Crippen molar-refractivity contribution in [3.05, 3.63) is 11.4 Å². The Hall–Kier alpha value is -0.630. The predicted molar refractivity (Wildman–Crippen MR) is 78.8 cm³/mol. The highest BCUT2D eigenvalue weighted by molar-refractivity contribution is 7.91. The fourth-order valence-corrected chi connectivity index (χ4v) is 4.85. The topological polar surface area (TPSA) is 66.6 Å². The van der Waals surface area contributed by atoms with Crippen molar-refractivity contribution < 1.29 is 8.42 Å². The van der Waals surface area contributed by atoms with Crippen LogP contribution in [0.1, 0.15) is 20.8 Å². The fraction of sp³-hybridized carbons (Fsp3) is 0.667. The number of hydrogen-bond acceptors (Lipinski definition) is 5. The van der Waals surface area contributed by atoms with E-state index in [4.69, 9.17) is 5.73 Å². The third-order valence-corrected chi connectivity index (χ3v) is 6.71. The van der Waals surface area contributed by atoms with Crippen LogP contribution in [-0.4, -0.2) is 49.3 Å². The second kappa shape index (κ2) is 5.05. The quantitative estimate of drug-likeness (QED) is 0.897. The standard InChI is InChI=1S/C12H21N3O2S2/c1-12(2,3)14-4-6-15(7-5-14)19(16,17)11-8-10(13)9-18-11/h8-9H,4-7,13H2,1-3H3. The summed E-state index contributed by atoms with van der Waals surface area (Å²) in [5.41, 5.74) is 6.20. The molecule has 0 spiro atoms. The summed E-state index contributed by atoms with van der Waals surface area (Å²) in [4.78, 5) is 2.31. The van der Waals surface area contributed by atoms with Crippen LogP contribution in [0.25, 0.3) is 0 Å². The van der Waals surface area contributed by atoms with Gasteiger partial charge in [-0.25, -0.2) is 8.42 Å². The van der Waals surface area contributed by atoms with E-state index >= 15 is 0 Å². The molecule has 7 heteroatoms. The molecule has 2 rings (SSSR count). The number of nitrogen functional groups attached to an aromatic ring is 1.